The largest absolute Gasteiger partial charge is 0.458 e. The van der Waals surface area contributed by atoms with E-state index in [1.807, 2.05) is 6.07 Å². The Labute approximate surface area is 122 Å². The second-order valence-corrected chi connectivity index (χ2v) is 4.88. The maximum atomic E-state index is 12.4. The number of carbonyl (C=O) groups excluding carboxylic acids is 1. The zero-order valence-corrected chi connectivity index (χ0v) is 11.6. The van der Waals surface area contributed by atoms with E-state index in [-0.39, 0.29) is 12.0 Å². The number of rotatable bonds is 3. The van der Waals surface area contributed by atoms with E-state index < -0.39 is 0 Å². The average molecular weight is 284 g/mol. The molecule has 1 fully saturated rings. The van der Waals surface area contributed by atoms with E-state index in [4.69, 9.17) is 4.74 Å². The Morgan fingerprint density at radius 3 is 2.71 bits per heavy atom. The third-order valence-corrected chi connectivity index (χ3v) is 3.36. The number of hydrogen-bond donors (Lipinski definition) is 0. The monoisotopic (exact) mass is 284 g/mol. The molecule has 21 heavy (non-hydrogen) atoms. The summed E-state index contributed by atoms with van der Waals surface area (Å²) in [4.78, 5) is 26.4. The molecule has 0 N–H and O–H groups in total. The summed E-state index contributed by atoms with van der Waals surface area (Å²) in [5.74, 6) is -0.0575. The number of pyridine rings is 1. The number of carbonyl (C=O) groups is 1. The fraction of sp³-hybridized carbons (Fsp3) is 0.333. The lowest BCUT2D eigenvalue weighted by Gasteiger charge is -2.32. The van der Waals surface area contributed by atoms with E-state index in [1.165, 1.54) is 0 Å². The molecule has 1 aliphatic rings. The van der Waals surface area contributed by atoms with Crippen LogP contribution in [0.4, 0.5) is 0 Å². The first-order valence-corrected chi connectivity index (χ1v) is 6.97. The Morgan fingerprint density at radius 2 is 1.95 bits per heavy atom. The smallest absolute Gasteiger partial charge is 0.316 e. The molecule has 3 rings (SSSR count). The minimum Gasteiger partial charge on any atom is -0.458 e. The van der Waals surface area contributed by atoms with Gasteiger partial charge < -0.3 is 9.64 Å². The van der Waals surface area contributed by atoms with Crippen LogP contribution in [0.2, 0.25) is 0 Å². The Kier molecular flexibility index (Phi) is 4.04. The Balaban J connectivity index is 1.64. The number of hydrogen-bond acceptors (Lipinski definition) is 5. The van der Waals surface area contributed by atoms with E-state index >= 15 is 0 Å². The van der Waals surface area contributed by atoms with Gasteiger partial charge in [-0.05, 0) is 31.0 Å². The van der Waals surface area contributed by atoms with E-state index in [1.54, 1.807) is 41.7 Å². The summed E-state index contributed by atoms with van der Waals surface area (Å²) < 4.78 is 5.74. The Hall–Kier alpha value is -2.50. The van der Waals surface area contributed by atoms with Gasteiger partial charge in [-0.15, -0.1) is 0 Å². The number of piperidine rings is 1. The average Bonchev–Trinajstić information content (AvgIpc) is 2.56. The van der Waals surface area contributed by atoms with Crippen molar-refractivity contribution in [2.45, 2.75) is 18.9 Å². The van der Waals surface area contributed by atoms with Crippen molar-refractivity contribution in [1.29, 1.82) is 0 Å². The fourth-order valence-corrected chi connectivity index (χ4v) is 2.37. The summed E-state index contributed by atoms with van der Waals surface area (Å²) in [7, 11) is 0. The first-order valence-electron chi connectivity index (χ1n) is 6.97. The Morgan fingerprint density at radius 1 is 1.14 bits per heavy atom. The fourth-order valence-electron chi connectivity index (χ4n) is 2.37. The predicted molar refractivity (Wildman–Crippen MR) is 75.8 cm³/mol. The van der Waals surface area contributed by atoms with Crippen molar-refractivity contribution in [3.8, 4) is 6.01 Å². The molecule has 108 valence electrons. The molecule has 0 radical (unpaired) electrons. The SMILES string of the molecule is O=C(c1ccccn1)N1CCCC(Oc2ncccn2)C1. The quantitative estimate of drug-likeness (QED) is 0.855. The van der Waals surface area contributed by atoms with Gasteiger partial charge in [0.25, 0.3) is 5.91 Å². The first kappa shape index (κ1) is 13.5. The highest BCUT2D eigenvalue weighted by molar-refractivity contribution is 5.92. The molecule has 1 amide bonds. The zero-order chi connectivity index (χ0) is 14.5. The molecule has 3 heterocycles. The van der Waals surface area contributed by atoms with Gasteiger partial charge in [-0.1, -0.05) is 6.07 Å². The zero-order valence-electron chi connectivity index (χ0n) is 11.6. The van der Waals surface area contributed by atoms with Crippen LogP contribution in [0.15, 0.2) is 42.9 Å². The topological polar surface area (TPSA) is 68.2 Å². The standard InChI is InChI=1S/C15H16N4O2/c20-14(13-6-1-2-7-16-13)19-10-3-5-12(11-19)21-15-17-8-4-9-18-15/h1-2,4,6-9,12H,3,5,10-11H2. The lowest BCUT2D eigenvalue weighted by Crippen LogP contribution is -2.44. The third kappa shape index (κ3) is 3.34. The van der Waals surface area contributed by atoms with Crippen LogP contribution in [0.3, 0.4) is 0 Å². The van der Waals surface area contributed by atoms with Crippen LogP contribution in [0.25, 0.3) is 0 Å². The summed E-state index contributed by atoms with van der Waals surface area (Å²) in [5, 5.41) is 0. The van der Waals surface area contributed by atoms with Crippen LogP contribution in [0, 0.1) is 0 Å². The van der Waals surface area contributed by atoms with E-state index in [0.717, 1.165) is 19.4 Å². The molecule has 1 atom stereocenters. The van der Waals surface area contributed by atoms with Crippen molar-refractivity contribution < 1.29 is 9.53 Å². The summed E-state index contributed by atoms with van der Waals surface area (Å²) in [5.41, 5.74) is 0.467. The van der Waals surface area contributed by atoms with Crippen molar-refractivity contribution in [3.63, 3.8) is 0 Å². The van der Waals surface area contributed by atoms with Gasteiger partial charge in [0, 0.05) is 25.1 Å². The number of amides is 1. The van der Waals surface area contributed by atoms with E-state index in [9.17, 15) is 4.79 Å². The van der Waals surface area contributed by atoms with Gasteiger partial charge in [-0.3, -0.25) is 9.78 Å². The molecule has 2 aromatic rings. The molecular weight excluding hydrogens is 268 g/mol. The van der Waals surface area contributed by atoms with Gasteiger partial charge in [-0.2, -0.15) is 0 Å². The summed E-state index contributed by atoms with van der Waals surface area (Å²) in [6.07, 6.45) is 6.63. The Bertz CT molecular complexity index is 591. The highest BCUT2D eigenvalue weighted by Crippen LogP contribution is 2.16. The third-order valence-electron chi connectivity index (χ3n) is 3.36. The van der Waals surface area contributed by atoms with Crippen molar-refractivity contribution in [3.05, 3.63) is 48.5 Å². The normalized spacial score (nSPS) is 18.3. The maximum absolute atomic E-state index is 12.4. The lowest BCUT2D eigenvalue weighted by molar-refractivity contribution is 0.0511. The van der Waals surface area contributed by atoms with Gasteiger partial charge in [0.1, 0.15) is 11.8 Å². The maximum Gasteiger partial charge on any atom is 0.316 e. The number of likely N-dealkylation sites (tertiary alicyclic amines) is 1. The molecule has 0 aromatic carbocycles. The minimum absolute atomic E-state index is 0.0575. The number of ether oxygens (including phenoxy) is 1. The highest BCUT2D eigenvalue weighted by atomic mass is 16.5. The molecule has 1 aliphatic heterocycles. The summed E-state index contributed by atoms with van der Waals surface area (Å²) >= 11 is 0. The molecule has 6 nitrogen and oxygen atoms in total. The van der Waals surface area contributed by atoms with Gasteiger partial charge in [0.05, 0.1) is 6.54 Å². The lowest BCUT2D eigenvalue weighted by atomic mass is 10.1. The first-order chi connectivity index (χ1) is 10.3. The molecule has 0 aliphatic carbocycles. The molecule has 2 aromatic heterocycles. The molecule has 0 spiro atoms. The van der Waals surface area contributed by atoms with E-state index in [0.29, 0.717) is 18.2 Å². The summed E-state index contributed by atoms with van der Waals surface area (Å²) in [6.45, 7) is 1.26. The van der Waals surface area contributed by atoms with Gasteiger partial charge >= 0.3 is 6.01 Å². The molecule has 0 saturated carbocycles. The van der Waals surface area contributed by atoms with Crippen LogP contribution in [0.5, 0.6) is 6.01 Å². The van der Waals surface area contributed by atoms with Crippen LogP contribution in [-0.2, 0) is 0 Å². The highest BCUT2D eigenvalue weighted by Gasteiger charge is 2.26. The summed E-state index contributed by atoms with van der Waals surface area (Å²) in [6, 6.07) is 7.44. The number of aromatic nitrogens is 3. The predicted octanol–water partition coefficient (Wildman–Crippen LogP) is 1.56. The molecule has 0 bridgehead atoms. The minimum atomic E-state index is -0.0752. The van der Waals surface area contributed by atoms with Crippen LogP contribution >= 0.6 is 0 Å². The van der Waals surface area contributed by atoms with Crippen molar-refractivity contribution in [2.24, 2.45) is 0 Å². The molecule has 6 heteroatoms. The second kappa shape index (κ2) is 6.30. The van der Waals surface area contributed by atoms with Gasteiger partial charge in [0.15, 0.2) is 0 Å². The number of nitrogens with zero attached hydrogens (tertiary/aromatic N) is 4. The van der Waals surface area contributed by atoms with Gasteiger partial charge in [0.2, 0.25) is 0 Å². The van der Waals surface area contributed by atoms with Crippen LogP contribution < -0.4 is 4.74 Å². The molecule has 1 unspecified atom stereocenters. The molecule has 1 saturated heterocycles. The van der Waals surface area contributed by atoms with Crippen LogP contribution in [-0.4, -0.2) is 45.0 Å². The van der Waals surface area contributed by atoms with Crippen molar-refractivity contribution in [1.82, 2.24) is 19.9 Å². The van der Waals surface area contributed by atoms with Crippen LogP contribution in [0.1, 0.15) is 23.3 Å². The van der Waals surface area contributed by atoms with E-state index in [2.05, 4.69) is 15.0 Å². The van der Waals surface area contributed by atoms with Crippen molar-refractivity contribution in [2.75, 3.05) is 13.1 Å². The van der Waals surface area contributed by atoms with Gasteiger partial charge in [-0.25, -0.2) is 9.97 Å². The molecular formula is C15H16N4O2. The second-order valence-electron chi connectivity index (χ2n) is 4.88. The van der Waals surface area contributed by atoms with Crippen molar-refractivity contribution >= 4 is 5.91 Å².